The zero-order valence-electron chi connectivity index (χ0n) is 14.8. The first kappa shape index (κ1) is 20.1. The molecular formula is C19H20ClNO4S. The van der Waals surface area contributed by atoms with E-state index >= 15 is 0 Å². The Labute approximate surface area is 158 Å². The third-order valence-corrected chi connectivity index (χ3v) is 5.27. The summed E-state index contributed by atoms with van der Waals surface area (Å²) in [5.41, 5.74) is 2.12. The minimum absolute atomic E-state index is 0.00630. The number of imide groups is 1. The topological polar surface area (TPSA) is 71.5 Å². The van der Waals surface area contributed by atoms with Gasteiger partial charge in [0.2, 0.25) is 11.8 Å². The van der Waals surface area contributed by atoms with E-state index in [1.165, 1.54) is 6.07 Å². The third-order valence-electron chi connectivity index (χ3n) is 3.92. The quantitative estimate of drug-likeness (QED) is 0.711. The molecule has 0 N–H and O–H groups in total. The molecule has 0 atom stereocenters. The number of para-hydroxylation sites is 1. The van der Waals surface area contributed by atoms with E-state index < -0.39 is 20.9 Å². The molecule has 0 fully saturated rings. The van der Waals surface area contributed by atoms with Crippen LogP contribution in [0.4, 0.5) is 5.69 Å². The first-order valence-corrected chi connectivity index (χ1v) is 10.5. The number of nitrogens with zero attached hydrogens (tertiary/aromatic N) is 1. The molecule has 0 heterocycles. The van der Waals surface area contributed by atoms with Crippen LogP contribution in [0.2, 0.25) is 0 Å². The normalized spacial score (nSPS) is 11.2. The van der Waals surface area contributed by atoms with Gasteiger partial charge in [-0.1, -0.05) is 55.8 Å². The molecule has 0 radical (unpaired) electrons. The maximum atomic E-state index is 12.5. The number of halogens is 1. The van der Waals surface area contributed by atoms with Crippen LogP contribution in [-0.4, -0.2) is 20.2 Å². The van der Waals surface area contributed by atoms with Crippen molar-refractivity contribution in [3.63, 3.8) is 0 Å². The van der Waals surface area contributed by atoms with Gasteiger partial charge in [0.25, 0.3) is 9.05 Å². The standard InChI is InChI=1S/C19H20ClNO4S/c1-4-17(22)21(18(23)5-2)19-15(14-9-6-8-13(3)12-14)10-7-11-16(19)26(20,24)25/h6-12H,4-5H2,1-3H3. The lowest BCUT2D eigenvalue weighted by Gasteiger charge is -2.25. The number of carbonyl (C=O) groups excluding carboxylic acids is 2. The van der Waals surface area contributed by atoms with Gasteiger partial charge in [-0.3, -0.25) is 9.59 Å². The summed E-state index contributed by atoms with van der Waals surface area (Å²) in [5.74, 6) is -0.975. The third kappa shape index (κ3) is 4.14. The van der Waals surface area contributed by atoms with Crippen molar-refractivity contribution in [3.05, 3.63) is 48.0 Å². The van der Waals surface area contributed by atoms with Crippen molar-refractivity contribution in [1.29, 1.82) is 0 Å². The lowest BCUT2D eigenvalue weighted by molar-refractivity contribution is -0.126. The smallest absolute Gasteiger partial charge is 0.263 e. The van der Waals surface area contributed by atoms with Crippen LogP contribution in [0, 0.1) is 6.92 Å². The summed E-state index contributed by atoms with van der Waals surface area (Å²) in [7, 11) is 1.44. The van der Waals surface area contributed by atoms with E-state index in [0.717, 1.165) is 10.5 Å². The van der Waals surface area contributed by atoms with Crippen molar-refractivity contribution in [3.8, 4) is 11.1 Å². The highest BCUT2D eigenvalue weighted by atomic mass is 35.7. The van der Waals surface area contributed by atoms with Crippen molar-refractivity contribution >= 4 is 37.2 Å². The van der Waals surface area contributed by atoms with Gasteiger partial charge in [-0.05, 0) is 18.6 Å². The van der Waals surface area contributed by atoms with Gasteiger partial charge in [0.15, 0.2) is 0 Å². The molecule has 138 valence electrons. The molecule has 2 amide bonds. The van der Waals surface area contributed by atoms with Crippen LogP contribution in [0.5, 0.6) is 0 Å². The summed E-state index contributed by atoms with van der Waals surface area (Å²) in [5, 5.41) is 0. The second-order valence-electron chi connectivity index (χ2n) is 5.79. The summed E-state index contributed by atoms with van der Waals surface area (Å²) >= 11 is 0. The number of aryl methyl sites for hydroxylation is 1. The predicted molar refractivity (Wildman–Crippen MR) is 103 cm³/mol. The minimum Gasteiger partial charge on any atom is -0.274 e. The zero-order valence-corrected chi connectivity index (χ0v) is 16.4. The molecule has 0 aliphatic heterocycles. The van der Waals surface area contributed by atoms with Crippen molar-refractivity contribution in [2.75, 3.05) is 4.90 Å². The van der Waals surface area contributed by atoms with E-state index in [9.17, 15) is 18.0 Å². The highest BCUT2D eigenvalue weighted by Gasteiger charge is 2.30. The van der Waals surface area contributed by atoms with Gasteiger partial charge in [0.1, 0.15) is 4.90 Å². The summed E-state index contributed by atoms with van der Waals surface area (Å²) in [4.78, 5) is 25.7. The van der Waals surface area contributed by atoms with Gasteiger partial charge in [0, 0.05) is 29.1 Å². The van der Waals surface area contributed by atoms with Crippen LogP contribution < -0.4 is 4.90 Å². The van der Waals surface area contributed by atoms with E-state index in [-0.39, 0.29) is 23.4 Å². The van der Waals surface area contributed by atoms with Crippen LogP contribution in [0.1, 0.15) is 32.3 Å². The van der Waals surface area contributed by atoms with Crippen molar-refractivity contribution in [2.24, 2.45) is 0 Å². The maximum Gasteiger partial charge on any atom is 0.263 e. The number of anilines is 1. The largest absolute Gasteiger partial charge is 0.274 e. The second-order valence-corrected chi connectivity index (χ2v) is 8.32. The van der Waals surface area contributed by atoms with E-state index in [2.05, 4.69) is 0 Å². The van der Waals surface area contributed by atoms with Crippen molar-refractivity contribution in [2.45, 2.75) is 38.5 Å². The number of carbonyl (C=O) groups is 2. The molecular weight excluding hydrogens is 374 g/mol. The molecule has 5 nitrogen and oxygen atoms in total. The second kappa shape index (κ2) is 8.01. The van der Waals surface area contributed by atoms with E-state index in [1.807, 2.05) is 25.1 Å². The van der Waals surface area contributed by atoms with Crippen LogP contribution in [0.3, 0.4) is 0 Å². The van der Waals surface area contributed by atoms with Gasteiger partial charge < -0.3 is 0 Å². The lowest BCUT2D eigenvalue weighted by atomic mass is 10.0. The molecule has 0 bridgehead atoms. The van der Waals surface area contributed by atoms with Gasteiger partial charge in [-0.2, -0.15) is 0 Å². The Bertz CT molecular complexity index is 938. The average Bonchev–Trinajstić information content (AvgIpc) is 2.60. The Morgan fingerprint density at radius 3 is 2.08 bits per heavy atom. The molecule has 7 heteroatoms. The number of hydrogen-bond donors (Lipinski definition) is 0. The van der Waals surface area contributed by atoms with Crippen molar-refractivity contribution < 1.29 is 18.0 Å². The van der Waals surface area contributed by atoms with Gasteiger partial charge in [-0.25, -0.2) is 13.3 Å². The van der Waals surface area contributed by atoms with E-state index in [0.29, 0.717) is 11.1 Å². The van der Waals surface area contributed by atoms with Gasteiger partial charge in [0.05, 0.1) is 5.69 Å². The lowest BCUT2D eigenvalue weighted by Crippen LogP contribution is -2.37. The van der Waals surface area contributed by atoms with E-state index in [4.69, 9.17) is 10.7 Å². The molecule has 0 aliphatic rings. The molecule has 2 aromatic rings. The van der Waals surface area contributed by atoms with Crippen LogP contribution >= 0.6 is 10.7 Å². The fourth-order valence-electron chi connectivity index (χ4n) is 2.70. The minimum atomic E-state index is -4.18. The summed E-state index contributed by atoms with van der Waals surface area (Å²) in [6, 6.07) is 11.9. The highest BCUT2D eigenvalue weighted by Crippen LogP contribution is 2.38. The molecule has 0 unspecified atom stereocenters. The molecule has 2 rings (SSSR count). The Morgan fingerprint density at radius 1 is 1.00 bits per heavy atom. The number of benzene rings is 2. The number of amides is 2. The molecule has 2 aromatic carbocycles. The molecule has 26 heavy (non-hydrogen) atoms. The van der Waals surface area contributed by atoms with Crippen molar-refractivity contribution in [1.82, 2.24) is 0 Å². The number of rotatable bonds is 5. The van der Waals surface area contributed by atoms with Crippen LogP contribution in [0.15, 0.2) is 47.4 Å². The molecule has 0 aliphatic carbocycles. The van der Waals surface area contributed by atoms with Gasteiger partial charge >= 0.3 is 0 Å². The van der Waals surface area contributed by atoms with Gasteiger partial charge in [-0.15, -0.1) is 0 Å². The summed E-state index contributed by atoms with van der Waals surface area (Å²) < 4.78 is 24.3. The van der Waals surface area contributed by atoms with E-state index in [1.54, 1.807) is 32.0 Å². The molecule has 0 aromatic heterocycles. The van der Waals surface area contributed by atoms with Crippen LogP contribution in [0.25, 0.3) is 11.1 Å². The monoisotopic (exact) mass is 393 g/mol. The SMILES string of the molecule is CCC(=O)N(C(=O)CC)c1c(-c2cccc(C)c2)cccc1S(=O)(=O)Cl. The average molecular weight is 394 g/mol. The zero-order chi connectivity index (χ0) is 19.5. The Balaban J connectivity index is 2.91. The first-order chi connectivity index (χ1) is 12.2. The molecule has 0 saturated carbocycles. The summed E-state index contributed by atoms with van der Waals surface area (Å²) in [6.07, 6.45) is 0.103. The Kier molecular flexibility index (Phi) is 6.21. The Hall–Kier alpha value is -2.18. The fourth-order valence-corrected chi connectivity index (χ4v) is 3.75. The summed E-state index contributed by atoms with van der Waals surface area (Å²) in [6.45, 7) is 5.13. The predicted octanol–water partition coefficient (Wildman–Crippen LogP) is 4.27. The Morgan fingerprint density at radius 2 is 1.58 bits per heavy atom. The van der Waals surface area contributed by atoms with Crippen LogP contribution in [-0.2, 0) is 18.6 Å². The molecule has 0 spiro atoms. The molecule has 0 saturated heterocycles. The highest BCUT2D eigenvalue weighted by molar-refractivity contribution is 8.13. The maximum absolute atomic E-state index is 12.5. The first-order valence-electron chi connectivity index (χ1n) is 8.21. The fraction of sp³-hybridized carbons (Fsp3) is 0.263. The number of hydrogen-bond acceptors (Lipinski definition) is 4.